The van der Waals surface area contributed by atoms with Crippen LogP contribution in [0.3, 0.4) is 0 Å². The van der Waals surface area contributed by atoms with Gasteiger partial charge in [-0.05, 0) is 19.1 Å². The zero-order valence-electron chi connectivity index (χ0n) is 10.1. The van der Waals surface area contributed by atoms with Gasteiger partial charge in [0.2, 0.25) is 5.91 Å². The van der Waals surface area contributed by atoms with Gasteiger partial charge in [0.25, 0.3) is 0 Å². The summed E-state index contributed by atoms with van der Waals surface area (Å²) in [6, 6.07) is 6.05. The summed E-state index contributed by atoms with van der Waals surface area (Å²) in [4.78, 5) is 11.5. The lowest BCUT2D eigenvalue weighted by atomic mass is 10.1. The van der Waals surface area contributed by atoms with Gasteiger partial charge in [0, 0.05) is 11.6 Å². The Labute approximate surface area is 105 Å². The van der Waals surface area contributed by atoms with Crippen molar-refractivity contribution in [2.45, 2.75) is 12.5 Å². The predicted octanol–water partition coefficient (Wildman–Crippen LogP) is 0.698. The monoisotopic (exact) mass is 253 g/mol. The number of hydrogen-bond donors (Lipinski definition) is 3. The molecule has 0 aliphatic carbocycles. The molecule has 0 saturated carbocycles. The fraction of sp³-hybridized carbons (Fsp3) is 0.308. The number of carbonyl (C=O) groups is 1. The van der Waals surface area contributed by atoms with Gasteiger partial charge < -0.3 is 15.5 Å². The number of aliphatic hydroxyl groups is 2. The smallest absolute Gasteiger partial charge is 0.244 e. The van der Waals surface area contributed by atoms with Crippen molar-refractivity contribution in [2.24, 2.45) is 0 Å². The van der Waals surface area contributed by atoms with Crippen LogP contribution in [0.4, 0.5) is 4.39 Å². The fourth-order valence-corrected chi connectivity index (χ4v) is 1.24. The highest BCUT2D eigenvalue weighted by molar-refractivity contribution is 5.92. The molecule has 5 heteroatoms. The summed E-state index contributed by atoms with van der Waals surface area (Å²) in [5.41, 5.74) is -0.793. The second-order valence-electron chi connectivity index (χ2n) is 4.22. The molecule has 0 radical (unpaired) electrons. The average molecular weight is 253 g/mol. The van der Waals surface area contributed by atoms with Crippen molar-refractivity contribution in [3.05, 3.63) is 41.7 Å². The molecule has 1 aromatic rings. The Morgan fingerprint density at radius 1 is 1.39 bits per heavy atom. The summed E-state index contributed by atoms with van der Waals surface area (Å²) >= 11 is 0. The maximum atomic E-state index is 13.2. The molecule has 0 aliphatic rings. The maximum Gasteiger partial charge on any atom is 0.244 e. The van der Waals surface area contributed by atoms with E-state index in [1.807, 2.05) is 0 Å². The molecule has 0 fully saturated rings. The van der Waals surface area contributed by atoms with Crippen molar-refractivity contribution in [2.75, 3.05) is 13.2 Å². The number of rotatable bonds is 5. The lowest BCUT2D eigenvalue weighted by Crippen LogP contribution is -2.51. The first-order chi connectivity index (χ1) is 8.50. The molecule has 0 aliphatic heterocycles. The predicted molar refractivity (Wildman–Crippen MR) is 66.2 cm³/mol. The number of hydrogen-bond acceptors (Lipinski definition) is 3. The van der Waals surface area contributed by atoms with E-state index in [0.29, 0.717) is 5.56 Å². The number of carbonyl (C=O) groups excluding carboxylic acids is 1. The van der Waals surface area contributed by atoms with E-state index in [1.165, 1.54) is 25.1 Å². The first-order valence-corrected chi connectivity index (χ1v) is 5.47. The summed E-state index contributed by atoms with van der Waals surface area (Å²) in [6.07, 6.45) is 2.49. The largest absolute Gasteiger partial charge is 0.394 e. The van der Waals surface area contributed by atoms with Gasteiger partial charge in [0.15, 0.2) is 0 Å². The average Bonchev–Trinajstić information content (AvgIpc) is 2.37. The third-order valence-electron chi connectivity index (χ3n) is 2.44. The Morgan fingerprint density at radius 3 is 2.56 bits per heavy atom. The lowest BCUT2D eigenvalue weighted by molar-refractivity contribution is -0.119. The van der Waals surface area contributed by atoms with Crippen LogP contribution in [0.1, 0.15) is 12.5 Å². The van der Waals surface area contributed by atoms with E-state index < -0.39 is 17.3 Å². The summed E-state index contributed by atoms with van der Waals surface area (Å²) in [5, 5.41) is 20.4. The molecule has 1 rings (SSSR count). The highest BCUT2D eigenvalue weighted by Crippen LogP contribution is 2.08. The molecular weight excluding hydrogens is 237 g/mol. The van der Waals surface area contributed by atoms with E-state index in [9.17, 15) is 9.18 Å². The van der Waals surface area contributed by atoms with E-state index >= 15 is 0 Å². The summed E-state index contributed by atoms with van der Waals surface area (Å²) in [5.74, 6) is -0.933. The molecule has 3 N–H and O–H groups in total. The van der Waals surface area contributed by atoms with Crippen molar-refractivity contribution in [3.8, 4) is 0 Å². The van der Waals surface area contributed by atoms with Crippen molar-refractivity contribution >= 4 is 12.0 Å². The summed E-state index contributed by atoms with van der Waals surface area (Å²) in [7, 11) is 0. The van der Waals surface area contributed by atoms with Gasteiger partial charge in [-0.25, -0.2) is 4.39 Å². The lowest BCUT2D eigenvalue weighted by Gasteiger charge is -2.25. The second-order valence-corrected chi connectivity index (χ2v) is 4.22. The highest BCUT2D eigenvalue weighted by atomic mass is 19.1. The van der Waals surface area contributed by atoms with E-state index in [4.69, 9.17) is 10.2 Å². The quantitative estimate of drug-likeness (QED) is 0.676. The van der Waals surface area contributed by atoms with Crippen LogP contribution in [0.15, 0.2) is 30.3 Å². The molecule has 98 valence electrons. The van der Waals surface area contributed by atoms with E-state index in [0.717, 1.165) is 6.08 Å². The van der Waals surface area contributed by atoms with Crippen LogP contribution in [-0.2, 0) is 4.79 Å². The molecule has 0 heterocycles. The Morgan fingerprint density at radius 2 is 2.00 bits per heavy atom. The number of amides is 1. The SMILES string of the molecule is CC(CO)(CO)NC(=O)/C=C/c1ccccc1F. The van der Waals surface area contributed by atoms with Crippen LogP contribution in [-0.4, -0.2) is 34.9 Å². The Hall–Kier alpha value is -1.72. The third kappa shape index (κ3) is 3.94. The molecule has 0 saturated heterocycles. The molecule has 1 aromatic carbocycles. The standard InChI is InChI=1S/C13H16FNO3/c1-13(8-16,9-17)15-12(18)7-6-10-4-2-3-5-11(10)14/h2-7,16-17H,8-9H2,1H3,(H,15,18)/b7-6+. The number of benzene rings is 1. The summed E-state index contributed by atoms with van der Waals surface area (Å²) in [6.45, 7) is 0.730. The normalized spacial score (nSPS) is 11.8. The molecular formula is C13H16FNO3. The Balaban J connectivity index is 2.68. The topological polar surface area (TPSA) is 69.6 Å². The third-order valence-corrected chi connectivity index (χ3v) is 2.44. The maximum absolute atomic E-state index is 13.2. The first-order valence-electron chi connectivity index (χ1n) is 5.47. The molecule has 0 aromatic heterocycles. The zero-order valence-corrected chi connectivity index (χ0v) is 10.1. The van der Waals surface area contributed by atoms with Gasteiger partial charge in [-0.3, -0.25) is 4.79 Å². The molecule has 18 heavy (non-hydrogen) atoms. The molecule has 0 atom stereocenters. The van der Waals surface area contributed by atoms with E-state index in [2.05, 4.69) is 5.32 Å². The fourth-order valence-electron chi connectivity index (χ4n) is 1.24. The second kappa shape index (κ2) is 6.28. The Kier molecular flexibility index (Phi) is 5.00. The van der Waals surface area contributed by atoms with Gasteiger partial charge in [0.05, 0.1) is 18.8 Å². The van der Waals surface area contributed by atoms with Crippen LogP contribution >= 0.6 is 0 Å². The van der Waals surface area contributed by atoms with Gasteiger partial charge in [-0.2, -0.15) is 0 Å². The summed E-state index contributed by atoms with van der Waals surface area (Å²) < 4.78 is 13.2. The van der Waals surface area contributed by atoms with Crippen LogP contribution in [0.25, 0.3) is 6.08 Å². The van der Waals surface area contributed by atoms with Crippen molar-refractivity contribution in [3.63, 3.8) is 0 Å². The molecule has 4 nitrogen and oxygen atoms in total. The number of aliphatic hydroxyl groups excluding tert-OH is 2. The van der Waals surface area contributed by atoms with Crippen molar-refractivity contribution in [1.29, 1.82) is 0 Å². The van der Waals surface area contributed by atoms with Gasteiger partial charge in [-0.1, -0.05) is 18.2 Å². The van der Waals surface area contributed by atoms with Gasteiger partial charge in [-0.15, -0.1) is 0 Å². The molecule has 0 spiro atoms. The number of nitrogens with one attached hydrogen (secondary N) is 1. The minimum atomic E-state index is -1.09. The number of halogens is 1. The molecule has 1 amide bonds. The minimum absolute atomic E-state index is 0.294. The van der Waals surface area contributed by atoms with Crippen LogP contribution in [0.5, 0.6) is 0 Å². The van der Waals surface area contributed by atoms with Crippen LogP contribution in [0, 0.1) is 5.82 Å². The van der Waals surface area contributed by atoms with Crippen LogP contribution < -0.4 is 5.32 Å². The van der Waals surface area contributed by atoms with E-state index in [-0.39, 0.29) is 13.2 Å². The van der Waals surface area contributed by atoms with Gasteiger partial charge in [0.1, 0.15) is 5.82 Å². The van der Waals surface area contributed by atoms with Gasteiger partial charge >= 0.3 is 0 Å². The Bertz CT molecular complexity index is 442. The zero-order chi connectivity index (χ0) is 13.6. The molecule has 0 unspecified atom stereocenters. The minimum Gasteiger partial charge on any atom is -0.394 e. The molecule has 0 bridgehead atoms. The highest BCUT2D eigenvalue weighted by Gasteiger charge is 2.23. The van der Waals surface area contributed by atoms with E-state index in [1.54, 1.807) is 12.1 Å². The van der Waals surface area contributed by atoms with Crippen molar-refractivity contribution in [1.82, 2.24) is 5.32 Å². The van der Waals surface area contributed by atoms with Crippen LogP contribution in [0.2, 0.25) is 0 Å². The first kappa shape index (κ1) is 14.3. The van der Waals surface area contributed by atoms with Crippen molar-refractivity contribution < 1.29 is 19.4 Å².